The van der Waals surface area contributed by atoms with Crippen molar-refractivity contribution < 1.29 is 4.39 Å². The summed E-state index contributed by atoms with van der Waals surface area (Å²) in [6.45, 7) is 4.39. The molecule has 0 aliphatic rings. The van der Waals surface area contributed by atoms with Crippen LogP contribution in [-0.4, -0.2) is 22.9 Å². The fourth-order valence-electron chi connectivity index (χ4n) is 1.99. The Hall–Kier alpha value is -0.214. The molecule has 1 aromatic carbocycles. The molecule has 0 aliphatic heterocycles. The number of hydrogen-bond donors (Lipinski definition) is 0. The minimum absolute atomic E-state index is 0.229. The first kappa shape index (κ1) is 12.9. The zero-order valence-electron chi connectivity index (χ0n) is 9.80. The fourth-order valence-corrected chi connectivity index (χ4v) is 6.55. The maximum atomic E-state index is 12.4. The van der Waals surface area contributed by atoms with Gasteiger partial charge < -0.3 is 0 Å². The third-order valence-corrected chi connectivity index (χ3v) is 10.1. The van der Waals surface area contributed by atoms with E-state index in [1.165, 1.54) is 26.1 Å². The van der Waals surface area contributed by atoms with E-state index in [0.717, 1.165) is 0 Å². The Morgan fingerprint density at radius 1 is 1.07 bits per heavy atom. The van der Waals surface area contributed by atoms with E-state index in [1.807, 2.05) is 6.07 Å². The summed E-state index contributed by atoms with van der Waals surface area (Å²) in [5, 5.41) is 0. The first-order valence-corrected chi connectivity index (χ1v) is 11.1. The molecule has 82 valence electrons. The van der Waals surface area contributed by atoms with Crippen LogP contribution in [0.1, 0.15) is 25.0 Å². The van der Waals surface area contributed by atoms with Crippen LogP contribution in [0.5, 0.6) is 0 Å². The van der Waals surface area contributed by atoms with Gasteiger partial charge in [0.25, 0.3) is 0 Å². The van der Waals surface area contributed by atoms with Crippen LogP contribution in [0.2, 0.25) is 9.95 Å². The van der Waals surface area contributed by atoms with Crippen molar-refractivity contribution in [1.29, 1.82) is 0 Å². The molecule has 0 saturated carbocycles. The van der Waals surface area contributed by atoms with Crippen molar-refractivity contribution in [1.82, 2.24) is 0 Å². The van der Waals surface area contributed by atoms with Crippen LogP contribution in [0.15, 0.2) is 24.3 Å². The van der Waals surface area contributed by atoms with E-state index in [-0.39, 0.29) is 6.67 Å². The molecule has 0 saturated heterocycles. The fraction of sp³-hybridized carbons (Fsp3) is 0.538. The molecule has 0 radical (unpaired) electrons. The van der Waals surface area contributed by atoms with E-state index >= 15 is 0 Å². The monoisotopic (exact) mass is 264 g/mol. The van der Waals surface area contributed by atoms with E-state index in [1.54, 1.807) is 0 Å². The van der Waals surface area contributed by atoms with E-state index in [9.17, 15) is 4.39 Å². The number of hydrogen-bond acceptors (Lipinski definition) is 0. The van der Waals surface area contributed by atoms with Gasteiger partial charge in [-0.1, -0.05) is 0 Å². The first-order chi connectivity index (χ1) is 7.31. The van der Waals surface area contributed by atoms with Gasteiger partial charge in [0, 0.05) is 0 Å². The van der Waals surface area contributed by atoms with Gasteiger partial charge in [0.2, 0.25) is 0 Å². The molecule has 0 amide bonds. The van der Waals surface area contributed by atoms with Gasteiger partial charge in [-0.25, -0.2) is 0 Å². The minimum atomic E-state index is -1.06. The quantitative estimate of drug-likeness (QED) is 0.686. The third-order valence-electron chi connectivity index (χ3n) is 3.15. The van der Waals surface area contributed by atoms with Crippen LogP contribution >= 0.6 is 0 Å². The molecule has 0 spiro atoms. The van der Waals surface area contributed by atoms with Crippen molar-refractivity contribution in [2.45, 2.75) is 35.2 Å². The van der Waals surface area contributed by atoms with Crippen LogP contribution < -0.4 is 0 Å². The molecular formula is C13H20FGa. The van der Waals surface area contributed by atoms with Crippen molar-refractivity contribution in [3.63, 3.8) is 0 Å². The second-order valence-corrected chi connectivity index (χ2v) is 12.0. The third kappa shape index (κ3) is 4.03. The van der Waals surface area contributed by atoms with Gasteiger partial charge in [0.05, 0.1) is 0 Å². The Bertz CT molecular complexity index is 282. The number of rotatable bonds is 6. The number of alkyl halides is 1. The molecule has 0 aliphatic carbocycles. The van der Waals surface area contributed by atoms with Crippen LogP contribution in [0, 0.1) is 0 Å². The summed E-state index contributed by atoms with van der Waals surface area (Å²) in [4.78, 5) is 4.08. The average Bonchev–Trinajstić information content (AvgIpc) is 2.28. The predicted molar refractivity (Wildman–Crippen MR) is 66.5 cm³/mol. The Morgan fingerprint density at radius 2 is 1.67 bits per heavy atom. The van der Waals surface area contributed by atoms with Gasteiger partial charge in [0.15, 0.2) is 0 Å². The number of halogens is 1. The van der Waals surface area contributed by atoms with E-state index < -0.39 is 16.2 Å². The topological polar surface area (TPSA) is 0 Å². The molecule has 0 bridgehead atoms. The Labute approximate surface area is 97.9 Å². The summed E-state index contributed by atoms with van der Waals surface area (Å²) in [6.07, 6.45) is 0.596. The number of benzene rings is 1. The van der Waals surface area contributed by atoms with Gasteiger partial charge in [-0.3, -0.25) is 0 Å². The maximum absolute atomic E-state index is 12.4. The summed E-state index contributed by atoms with van der Waals surface area (Å²) >= 11 is -1.06. The zero-order chi connectivity index (χ0) is 11.1. The van der Waals surface area contributed by atoms with Crippen molar-refractivity contribution in [2.24, 2.45) is 0 Å². The van der Waals surface area contributed by atoms with Crippen molar-refractivity contribution in [3.8, 4) is 0 Å². The van der Waals surface area contributed by atoms with E-state index in [2.05, 4.69) is 32.0 Å². The Kier molecular flexibility index (Phi) is 6.11. The zero-order valence-corrected chi connectivity index (χ0v) is 12.2. The van der Waals surface area contributed by atoms with Crippen molar-refractivity contribution in [3.05, 3.63) is 35.4 Å². The van der Waals surface area contributed by atoms with Gasteiger partial charge in [-0.15, -0.1) is 0 Å². The molecule has 0 aromatic heterocycles. The Morgan fingerprint density at radius 3 is 2.20 bits per heavy atom. The molecule has 0 unspecified atom stereocenters. The summed E-state index contributed by atoms with van der Waals surface area (Å²) in [7, 11) is 0. The average molecular weight is 265 g/mol. The van der Waals surface area contributed by atoms with Gasteiger partial charge in [0.1, 0.15) is 0 Å². The van der Waals surface area contributed by atoms with E-state index in [0.29, 0.717) is 6.42 Å². The molecule has 2 heteroatoms. The molecule has 1 rings (SSSR count). The molecule has 0 N–H and O–H groups in total. The molecule has 0 heterocycles. The molecule has 15 heavy (non-hydrogen) atoms. The SMILES string of the molecule is C[CH2][Ga]([CH2]C)[CH2]c1ccccc1CCF. The molecule has 0 fully saturated rings. The normalized spacial score (nSPS) is 10.3. The van der Waals surface area contributed by atoms with Crippen molar-refractivity contribution in [2.75, 3.05) is 6.67 Å². The molecule has 1 aromatic rings. The Balaban J connectivity index is 2.73. The van der Waals surface area contributed by atoms with Crippen LogP contribution in [0.3, 0.4) is 0 Å². The van der Waals surface area contributed by atoms with Crippen LogP contribution in [-0.2, 0) is 11.4 Å². The molecule has 0 nitrogen and oxygen atoms in total. The summed E-state index contributed by atoms with van der Waals surface area (Å²) in [5.41, 5.74) is 2.65. The molecular weight excluding hydrogens is 245 g/mol. The standard InChI is InChI=1S/C9H10F.2C2H5.Ga/c1-8-4-2-3-5-9(8)6-7-10;2*1-2;/h2-5H,1,6-7H2;2*1H2,2H3;. The van der Waals surface area contributed by atoms with Crippen LogP contribution in [0.4, 0.5) is 4.39 Å². The summed E-state index contributed by atoms with van der Waals surface area (Å²) in [5.74, 6) is 0. The number of aryl methyl sites for hydroxylation is 1. The van der Waals surface area contributed by atoms with Gasteiger partial charge in [-0.05, 0) is 0 Å². The first-order valence-electron chi connectivity index (χ1n) is 5.94. The van der Waals surface area contributed by atoms with Gasteiger partial charge >= 0.3 is 97.9 Å². The second kappa shape index (κ2) is 7.12. The summed E-state index contributed by atoms with van der Waals surface area (Å²) in [6, 6.07) is 8.38. The van der Waals surface area contributed by atoms with E-state index in [4.69, 9.17) is 0 Å². The second-order valence-electron chi connectivity index (χ2n) is 4.09. The van der Waals surface area contributed by atoms with Crippen molar-refractivity contribution >= 4 is 16.2 Å². The molecule has 0 atom stereocenters. The summed E-state index contributed by atoms with van der Waals surface area (Å²) < 4.78 is 12.4. The predicted octanol–water partition coefficient (Wildman–Crippen LogP) is 3.81. The van der Waals surface area contributed by atoms with Crippen LogP contribution in [0.25, 0.3) is 0 Å². The van der Waals surface area contributed by atoms with Gasteiger partial charge in [-0.2, -0.15) is 0 Å².